The zero-order valence-electron chi connectivity index (χ0n) is 9.16. The quantitative estimate of drug-likeness (QED) is 0.805. The summed E-state index contributed by atoms with van der Waals surface area (Å²) in [5.41, 5.74) is 0. The van der Waals surface area contributed by atoms with E-state index in [1.165, 1.54) is 4.88 Å². The Morgan fingerprint density at radius 1 is 1.67 bits per heavy atom. The Kier molecular flexibility index (Phi) is 5.36. The monoisotopic (exact) mass is 227 g/mol. The summed E-state index contributed by atoms with van der Waals surface area (Å²) >= 11 is 1.69. The first-order valence-corrected chi connectivity index (χ1v) is 5.91. The molecule has 0 aliphatic rings. The van der Waals surface area contributed by atoms with E-state index in [9.17, 15) is 4.79 Å². The minimum Gasteiger partial charge on any atom is -0.383 e. The number of ether oxygens (including phenoxy) is 1. The fourth-order valence-electron chi connectivity index (χ4n) is 1.33. The summed E-state index contributed by atoms with van der Waals surface area (Å²) in [6.07, 6.45) is 1.37. The van der Waals surface area contributed by atoms with Gasteiger partial charge >= 0.3 is 0 Å². The van der Waals surface area contributed by atoms with Gasteiger partial charge in [0.05, 0.1) is 6.61 Å². The number of hydrogen-bond donors (Lipinski definition) is 1. The summed E-state index contributed by atoms with van der Waals surface area (Å²) in [5.74, 6) is 0.0907. The van der Waals surface area contributed by atoms with E-state index < -0.39 is 0 Å². The number of carbonyl (C=O) groups excluding carboxylic acids is 1. The lowest BCUT2D eigenvalue weighted by atomic mass is 10.2. The highest BCUT2D eigenvalue weighted by molar-refractivity contribution is 7.09. The summed E-state index contributed by atoms with van der Waals surface area (Å²) in [7, 11) is 1.63. The molecule has 0 radical (unpaired) electrons. The van der Waals surface area contributed by atoms with E-state index in [0.717, 1.165) is 6.42 Å². The number of rotatable bonds is 6. The van der Waals surface area contributed by atoms with Crippen molar-refractivity contribution in [2.45, 2.75) is 25.8 Å². The molecule has 1 aromatic rings. The fourth-order valence-corrected chi connectivity index (χ4v) is 2.04. The number of methoxy groups -OCH3 is 1. The second-order valence-corrected chi connectivity index (χ2v) is 4.54. The Hall–Kier alpha value is -0.870. The van der Waals surface area contributed by atoms with Gasteiger partial charge in [0.2, 0.25) is 5.91 Å². The van der Waals surface area contributed by atoms with E-state index in [2.05, 4.69) is 11.4 Å². The number of hydrogen-bond acceptors (Lipinski definition) is 3. The zero-order valence-corrected chi connectivity index (χ0v) is 9.97. The Morgan fingerprint density at radius 2 is 2.47 bits per heavy atom. The average Bonchev–Trinajstić information content (AvgIpc) is 2.67. The van der Waals surface area contributed by atoms with Crippen molar-refractivity contribution in [2.24, 2.45) is 0 Å². The van der Waals surface area contributed by atoms with Gasteiger partial charge in [-0.3, -0.25) is 4.79 Å². The molecule has 1 aromatic heterocycles. The Balaban J connectivity index is 2.19. The van der Waals surface area contributed by atoms with E-state index in [1.54, 1.807) is 18.4 Å². The second kappa shape index (κ2) is 6.58. The van der Waals surface area contributed by atoms with E-state index in [4.69, 9.17) is 4.74 Å². The van der Waals surface area contributed by atoms with Gasteiger partial charge < -0.3 is 10.1 Å². The molecule has 0 saturated carbocycles. The number of nitrogens with one attached hydrogen (secondary N) is 1. The van der Waals surface area contributed by atoms with Gasteiger partial charge in [0, 0.05) is 24.4 Å². The molecule has 0 bridgehead atoms. The van der Waals surface area contributed by atoms with Crippen molar-refractivity contribution >= 4 is 17.2 Å². The molecule has 0 aliphatic carbocycles. The van der Waals surface area contributed by atoms with E-state index in [1.807, 2.05) is 18.4 Å². The molecule has 1 atom stereocenters. The molecule has 0 aromatic carbocycles. The lowest BCUT2D eigenvalue weighted by Crippen LogP contribution is -2.35. The summed E-state index contributed by atoms with van der Waals surface area (Å²) < 4.78 is 4.94. The predicted octanol–water partition coefficient (Wildman–Crippen LogP) is 1.83. The standard InChI is InChI=1S/C11H17NO2S/c1-9(8-14-2)12-11(13)6-5-10-4-3-7-15-10/h3-4,7,9H,5-6,8H2,1-2H3,(H,12,13). The topological polar surface area (TPSA) is 38.3 Å². The molecule has 15 heavy (non-hydrogen) atoms. The van der Waals surface area contributed by atoms with Crippen LogP contribution >= 0.6 is 11.3 Å². The minimum atomic E-state index is 0.0887. The van der Waals surface area contributed by atoms with Crippen LogP contribution in [0.4, 0.5) is 0 Å². The van der Waals surface area contributed by atoms with Crippen LogP contribution in [0.5, 0.6) is 0 Å². The van der Waals surface area contributed by atoms with Crippen molar-refractivity contribution in [1.29, 1.82) is 0 Å². The lowest BCUT2D eigenvalue weighted by Gasteiger charge is -2.12. The molecule has 1 heterocycles. The van der Waals surface area contributed by atoms with Crippen molar-refractivity contribution in [2.75, 3.05) is 13.7 Å². The van der Waals surface area contributed by atoms with E-state index in [-0.39, 0.29) is 11.9 Å². The maximum Gasteiger partial charge on any atom is 0.220 e. The van der Waals surface area contributed by atoms with E-state index >= 15 is 0 Å². The molecule has 1 N–H and O–H groups in total. The number of carbonyl (C=O) groups is 1. The number of aryl methyl sites for hydroxylation is 1. The minimum absolute atomic E-state index is 0.0887. The summed E-state index contributed by atoms with van der Waals surface area (Å²) in [5, 5.41) is 4.91. The molecule has 1 unspecified atom stereocenters. The van der Waals surface area contributed by atoms with Crippen LogP contribution < -0.4 is 5.32 Å². The summed E-state index contributed by atoms with van der Waals surface area (Å²) in [4.78, 5) is 12.7. The van der Waals surface area contributed by atoms with Crippen LogP contribution in [0.25, 0.3) is 0 Å². The molecule has 84 valence electrons. The molecular weight excluding hydrogens is 210 g/mol. The normalized spacial score (nSPS) is 12.4. The Labute approximate surface area is 94.5 Å². The first-order chi connectivity index (χ1) is 7.22. The molecule has 4 heteroatoms. The maximum atomic E-state index is 11.5. The van der Waals surface area contributed by atoms with Crippen LogP contribution in [0.3, 0.4) is 0 Å². The highest BCUT2D eigenvalue weighted by Crippen LogP contribution is 2.10. The first kappa shape index (κ1) is 12.2. The molecule has 0 aliphatic heterocycles. The van der Waals surface area contributed by atoms with Gasteiger partial charge in [0.1, 0.15) is 0 Å². The van der Waals surface area contributed by atoms with Gasteiger partial charge in [-0.15, -0.1) is 11.3 Å². The summed E-state index contributed by atoms with van der Waals surface area (Å²) in [6.45, 7) is 2.50. The van der Waals surface area contributed by atoms with Crippen LogP contribution in [0.2, 0.25) is 0 Å². The third-order valence-corrected chi connectivity index (χ3v) is 2.94. The summed E-state index contributed by atoms with van der Waals surface area (Å²) in [6, 6.07) is 4.15. The molecule has 3 nitrogen and oxygen atoms in total. The fraction of sp³-hybridized carbons (Fsp3) is 0.545. The van der Waals surface area contributed by atoms with Gasteiger partial charge in [-0.05, 0) is 24.8 Å². The van der Waals surface area contributed by atoms with Crippen LogP contribution in [0, 0.1) is 0 Å². The third kappa shape index (κ3) is 4.95. The molecule has 0 spiro atoms. The van der Waals surface area contributed by atoms with Gasteiger partial charge in [-0.2, -0.15) is 0 Å². The van der Waals surface area contributed by atoms with Crippen molar-refractivity contribution in [3.05, 3.63) is 22.4 Å². The van der Waals surface area contributed by atoms with E-state index in [0.29, 0.717) is 13.0 Å². The lowest BCUT2D eigenvalue weighted by molar-refractivity contribution is -0.122. The number of thiophene rings is 1. The van der Waals surface area contributed by atoms with Crippen molar-refractivity contribution in [1.82, 2.24) is 5.32 Å². The Bertz CT molecular complexity index is 285. The third-order valence-electron chi connectivity index (χ3n) is 2.00. The molecular formula is C11H17NO2S. The molecule has 1 amide bonds. The first-order valence-electron chi connectivity index (χ1n) is 5.03. The predicted molar refractivity (Wildman–Crippen MR) is 62.1 cm³/mol. The zero-order chi connectivity index (χ0) is 11.1. The highest BCUT2D eigenvalue weighted by Gasteiger charge is 2.07. The van der Waals surface area contributed by atoms with Gasteiger partial charge in [-0.25, -0.2) is 0 Å². The van der Waals surface area contributed by atoms with Crippen LogP contribution in [0.1, 0.15) is 18.2 Å². The van der Waals surface area contributed by atoms with Crippen LogP contribution in [-0.4, -0.2) is 25.7 Å². The molecule has 1 rings (SSSR count). The largest absolute Gasteiger partial charge is 0.383 e. The van der Waals surface area contributed by atoms with Crippen molar-refractivity contribution in [3.8, 4) is 0 Å². The SMILES string of the molecule is COCC(C)NC(=O)CCc1cccs1. The maximum absolute atomic E-state index is 11.5. The highest BCUT2D eigenvalue weighted by atomic mass is 32.1. The smallest absolute Gasteiger partial charge is 0.220 e. The number of amides is 1. The Morgan fingerprint density at radius 3 is 3.07 bits per heavy atom. The van der Waals surface area contributed by atoms with Crippen LogP contribution in [-0.2, 0) is 16.0 Å². The second-order valence-electron chi connectivity index (χ2n) is 3.50. The van der Waals surface area contributed by atoms with Crippen molar-refractivity contribution in [3.63, 3.8) is 0 Å². The van der Waals surface area contributed by atoms with Gasteiger partial charge in [0.15, 0.2) is 0 Å². The molecule has 0 fully saturated rings. The average molecular weight is 227 g/mol. The van der Waals surface area contributed by atoms with Gasteiger partial charge in [-0.1, -0.05) is 6.07 Å². The molecule has 0 saturated heterocycles. The van der Waals surface area contributed by atoms with Crippen LogP contribution in [0.15, 0.2) is 17.5 Å². The van der Waals surface area contributed by atoms with Gasteiger partial charge in [0.25, 0.3) is 0 Å². The van der Waals surface area contributed by atoms with Crippen molar-refractivity contribution < 1.29 is 9.53 Å².